The Bertz CT molecular complexity index is 529. The first kappa shape index (κ1) is 17.5. The maximum absolute atomic E-state index is 11.7. The molecule has 0 spiro atoms. The van der Waals surface area contributed by atoms with Gasteiger partial charge in [0.2, 0.25) is 10.0 Å². The first-order chi connectivity index (χ1) is 9.43. The van der Waals surface area contributed by atoms with E-state index in [4.69, 9.17) is 5.73 Å². The molecule has 0 amide bonds. The summed E-state index contributed by atoms with van der Waals surface area (Å²) in [5.41, 5.74) is 6.26. The molecule has 3 N–H and O–H groups in total. The second-order valence-electron chi connectivity index (χ2n) is 4.06. The third-order valence-corrected chi connectivity index (χ3v) is 6.44. The number of hydrogen-bond acceptors (Lipinski definition) is 5. The van der Waals surface area contributed by atoms with Crippen molar-refractivity contribution in [3.05, 3.63) is 24.3 Å². The van der Waals surface area contributed by atoms with Crippen molar-refractivity contribution in [2.75, 3.05) is 35.3 Å². The van der Waals surface area contributed by atoms with E-state index >= 15 is 0 Å². The van der Waals surface area contributed by atoms with Crippen LogP contribution in [0.1, 0.15) is 6.92 Å². The van der Waals surface area contributed by atoms with Crippen molar-refractivity contribution in [2.45, 2.75) is 11.8 Å². The lowest BCUT2D eigenvalue weighted by molar-refractivity contribution is 0.585. The average Bonchev–Trinajstić information content (AvgIpc) is 2.40. The van der Waals surface area contributed by atoms with Gasteiger partial charge >= 0.3 is 0 Å². The fourth-order valence-electron chi connectivity index (χ4n) is 1.36. The van der Waals surface area contributed by atoms with Crippen LogP contribution in [0.3, 0.4) is 0 Å². The van der Waals surface area contributed by atoms with Crippen LogP contribution in [-0.4, -0.2) is 42.2 Å². The SMILES string of the molecule is CCS(=O)CCNS(=O)(=O)CCSc1ccc(N)cc1. The zero-order valence-corrected chi connectivity index (χ0v) is 13.8. The molecule has 0 bridgehead atoms. The van der Waals surface area contributed by atoms with Gasteiger partial charge in [-0.05, 0) is 24.3 Å². The van der Waals surface area contributed by atoms with Crippen LogP contribution in [0.15, 0.2) is 29.2 Å². The molecule has 1 aromatic carbocycles. The molecule has 1 atom stereocenters. The van der Waals surface area contributed by atoms with Gasteiger partial charge in [-0.25, -0.2) is 13.1 Å². The molecule has 114 valence electrons. The molecule has 5 nitrogen and oxygen atoms in total. The Morgan fingerprint density at radius 3 is 2.55 bits per heavy atom. The van der Waals surface area contributed by atoms with E-state index in [1.807, 2.05) is 19.1 Å². The summed E-state index contributed by atoms with van der Waals surface area (Å²) in [6, 6.07) is 7.30. The second kappa shape index (κ2) is 8.66. The summed E-state index contributed by atoms with van der Waals surface area (Å²) in [5, 5.41) is 0. The van der Waals surface area contributed by atoms with Crippen LogP contribution in [0.2, 0.25) is 0 Å². The van der Waals surface area contributed by atoms with E-state index in [1.165, 1.54) is 11.8 Å². The Kier molecular flexibility index (Phi) is 7.57. The smallest absolute Gasteiger partial charge is 0.212 e. The van der Waals surface area contributed by atoms with Gasteiger partial charge < -0.3 is 5.73 Å². The van der Waals surface area contributed by atoms with Gasteiger partial charge in [0.1, 0.15) is 0 Å². The zero-order valence-electron chi connectivity index (χ0n) is 11.4. The molecule has 0 saturated heterocycles. The highest BCUT2D eigenvalue weighted by Gasteiger charge is 2.10. The minimum absolute atomic E-state index is 0.0425. The number of rotatable bonds is 9. The van der Waals surface area contributed by atoms with Crippen LogP contribution in [0.4, 0.5) is 5.69 Å². The first-order valence-corrected chi connectivity index (χ1v) is 10.4. The largest absolute Gasteiger partial charge is 0.399 e. The van der Waals surface area contributed by atoms with Gasteiger partial charge in [-0.15, -0.1) is 11.8 Å². The molecule has 0 fully saturated rings. The molecule has 0 aliphatic carbocycles. The van der Waals surface area contributed by atoms with Gasteiger partial charge in [0.15, 0.2) is 0 Å². The third kappa shape index (κ3) is 7.28. The Morgan fingerprint density at radius 1 is 1.30 bits per heavy atom. The highest BCUT2D eigenvalue weighted by molar-refractivity contribution is 8.00. The fraction of sp³-hybridized carbons (Fsp3) is 0.500. The van der Waals surface area contributed by atoms with E-state index < -0.39 is 20.8 Å². The first-order valence-electron chi connectivity index (χ1n) is 6.23. The Balaban J connectivity index is 2.29. The van der Waals surface area contributed by atoms with E-state index in [-0.39, 0.29) is 12.3 Å². The lowest BCUT2D eigenvalue weighted by Crippen LogP contribution is -2.30. The lowest BCUT2D eigenvalue weighted by Gasteiger charge is -2.06. The van der Waals surface area contributed by atoms with Crippen molar-refractivity contribution in [1.29, 1.82) is 0 Å². The molecule has 0 aliphatic rings. The standard InChI is InChI=1S/C12H20N2O3S3/c1-2-19(15)9-7-14-20(16,17)10-8-18-12-5-3-11(13)4-6-12/h3-6,14H,2,7-10,13H2,1H3. The van der Waals surface area contributed by atoms with Gasteiger partial charge in [0.05, 0.1) is 5.75 Å². The van der Waals surface area contributed by atoms with E-state index in [9.17, 15) is 12.6 Å². The Hall–Kier alpha value is -0.570. The number of hydrogen-bond donors (Lipinski definition) is 2. The molecule has 8 heteroatoms. The second-order valence-corrected chi connectivity index (χ2v) is 9.02. The monoisotopic (exact) mass is 336 g/mol. The van der Waals surface area contributed by atoms with Crippen molar-refractivity contribution >= 4 is 38.3 Å². The Labute approximate surface area is 127 Å². The number of anilines is 1. The zero-order chi connectivity index (χ0) is 15.0. The maximum atomic E-state index is 11.7. The van der Waals surface area contributed by atoms with Crippen LogP contribution >= 0.6 is 11.8 Å². The minimum Gasteiger partial charge on any atom is -0.399 e. The molecule has 0 heterocycles. The molecular formula is C12H20N2O3S3. The number of nitrogen functional groups attached to an aromatic ring is 1. The number of nitrogens with two attached hydrogens (primary N) is 1. The molecule has 0 saturated carbocycles. The molecule has 1 aromatic rings. The summed E-state index contributed by atoms with van der Waals surface area (Å²) in [7, 11) is -4.24. The van der Waals surface area contributed by atoms with E-state index in [0.717, 1.165) is 4.90 Å². The molecule has 0 radical (unpaired) electrons. The van der Waals surface area contributed by atoms with Crippen molar-refractivity contribution in [2.24, 2.45) is 0 Å². The van der Waals surface area contributed by atoms with E-state index in [2.05, 4.69) is 4.72 Å². The van der Waals surface area contributed by atoms with Crippen LogP contribution in [0, 0.1) is 0 Å². The van der Waals surface area contributed by atoms with Gasteiger partial charge in [-0.2, -0.15) is 0 Å². The summed E-state index contributed by atoms with van der Waals surface area (Å²) in [6.45, 7) is 2.04. The van der Waals surface area contributed by atoms with Crippen LogP contribution in [-0.2, 0) is 20.8 Å². The highest BCUT2D eigenvalue weighted by Crippen LogP contribution is 2.19. The predicted octanol–water partition coefficient (Wildman–Crippen LogP) is 1.05. The number of benzene rings is 1. The van der Waals surface area contributed by atoms with Gasteiger partial charge in [0, 0.05) is 45.2 Å². The predicted molar refractivity (Wildman–Crippen MR) is 86.9 cm³/mol. The quantitative estimate of drug-likeness (QED) is 0.520. The van der Waals surface area contributed by atoms with Crippen LogP contribution in [0.5, 0.6) is 0 Å². The average molecular weight is 337 g/mol. The number of nitrogens with one attached hydrogen (secondary N) is 1. The summed E-state index contributed by atoms with van der Waals surface area (Å²) >= 11 is 1.47. The van der Waals surface area contributed by atoms with Crippen LogP contribution in [0.25, 0.3) is 0 Å². The van der Waals surface area contributed by atoms with E-state index in [0.29, 0.717) is 22.9 Å². The molecule has 1 unspecified atom stereocenters. The fourth-order valence-corrected chi connectivity index (χ4v) is 4.44. The number of sulfonamides is 1. The van der Waals surface area contributed by atoms with Crippen molar-refractivity contribution in [1.82, 2.24) is 4.72 Å². The van der Waals surface area contributed by atoms with Gasteiger partial charge in [-0.1, -0.05) is 6.92 Å². The lowest BCUT2D eigenvalue weighted by atomic mass is 10.3. The van der Waals surface area contributed by atoms with Crippen molar-refractivity contribution < 1.29 is 12.6 Å². The summed E-state index contributed by atoms with van der Waals surface area (Å²) < 4.78 is 37.1. The van der Waals surface area contributed by atoms with Crippen LogP contribution < -0.4 is 10.5 Å². The van der Waals surface area contributed by atoms with Crippen molar-refractivity contribution in [3.8, 4) is 0 Å². The number of thioether (sulfide) groups is 1. The molecule has 0 aromatic heterocycles. The molecule has 1 rings (SSSR count). The van der Waals surface area contributed by atoms with E-state index in [1.54, 1.807) is 12.1 Å². The summed E-state index contributed by atoms with van der Waals surface area (Å²) in [6.07, 6.45) is 0. The maximum Gasteiger partial charge on any atom is 0.212 e. The molecular weight excluding hydrogens is 316 g/mol. The molecule has 20 heavy (non-hydrogen) atoms. The normalized spacial score (nSPS) is 13.2. The highest BCUT2D eigenvalue weighted by atomic mass is 32.2. The third-order valence-electron chi connectivity index (χ3n) is 2.47. The van der Waals surface area contributed by atoms with Gasteiger partial charge in [0.25, 0.3) is 0 Å². The topological polar surface area (TPSA) is 89.3 Å². The van der Waals surface area contributed by atoms with Crippen molar-refractivity contribution in [3.63, 3.8) is 0 Å². The summed E-state index contributed by atoms with van der Waals surface area (Å²) in [5.74, 6) is 1.42. The summed E-state index contributed by atoms with van der Waals surface area (Å²) in [4.78, 5) is 0.987. The van der Waals surface area contributed by atoms with Gasteiger partial charge in [-0.3, -0.25) is 4.21 Å². The molecule has 0 aliphatic heterocycles. The minimum atomic E-state index is -3.29. The Morgan fingerprint density at radius 2 is 1.95 bits per heavy atom.